The molecule has 6 nitrogen and oxygen atoms in total. The molecule has 0 aliphatic carbocycles. The maximum absolute atomic E-state index is 11.8. The molecule has 1 aromatic heterocycles. The van der Waals surface area contributed by atoms with Gasteiger partial charge in [-0.1, -0.05) is 6.07 Å². The number of hydrogen-bond donors (Lipinski definition) is 2. The van der Waals surface area contributed by atoms with Gasteiger partial charge in [0.25, 0.3) is 5.91 Å². The Morgan fingerprint density at radius 3 is 2.72 bits per heavy atom. The maximum Gasteiger partial charge on any atom is 0.274 e. The Balaban J connectivity index is 2.17. The number of benzene rings is 1. The van der Waals surface area contributed by atoms with Crippen LogP contribution in [-0.4, -0.2) is 21.8 Å². The van der Waals surface area contributed by atoms with Crippen molar-refractivity contribution in [3.8, 4) is 0 Å². The lowest BCUT2D eigenvalue weighted by atomic mass is 10.2. The summed E-state index contributed by atoms with van der Waals surface area (Å²) >= 11 is 0. The third-order valence-corrected chi connectivity index (χ3v) is 2.22. The van der Waals surface area contributed by atoms with Gasteiger partial charge in [0.1, 0.15) is 12.0 Å². The quantitative estimate of drug-likeness (QED) is 0.832. The lowest BCUT2D eigenvalue weighted by Gasteiger charge is -2.05. The molecule has 0 saturated carbocycles. The fourth-order valence-corrected chi connectivity index (χ4v) is 1.37. The van der Waals surface area contributed by atoms with E-state index in [1.165, 1.54) is 24.7 Å². The van der Waals surface area contributed by atoms with Crippen molar-refractivity contribution in [2.24, 2.45) is 5.73 Å². The highest BCUT2D eigenvalue weighted by Gasteiger charge is 2.08. The van der Waals surface area contributed by atoms with Crippen LogP contribution >= 0.6 is 0 Å². The average molecular weight is 242 g/mol. The molecule has 1 heterocycles. The summed E-state index contributed by atoms with van der Waals surface area (Å²) in [7, 11) is 0. The first-order chi connectivity index (χ1) is 8.66. The van der Waals surface area contributed by atoms with Gasteiger partial charge in [0.2, 0.25) is 5.91 Å². The summed E-state index contributed by atoms with van der Waals surface area (Å²) in [5, 5.41) is 2.62. The monoisotopic (exact) mass is 242 g/mol. The Morgan fingerprint density at radius 1 is 1.22 bits per heavy atom. The van der Waals surface area contributed by atoms with Gasteiger partial charge in [-0.2, -0.15) is 0 Å². The number of aromatic nitrogens is 2. The number of nitrogens with zero attached hydrogens (tertiary/aromatic N) is 2. The van der Waals surface area contributed by atoms with E-state index >= 15 is 0 Å². The van der Waals surface area contributed by atoms with Crippen molar-refractivity contribution in [2.45, 2.75) is 0 Å². The van der Waals surface area contributed by atoms with Gasteiger partial charge in [-0.05, 0) is 24.3 Å². The van der Waals surface area contributed by atoms with E-state index in [9.17, 15) is 9.59 Å². The summed E-state index contributed by atoms with van der Waals surface area (Å²) in [5.74, 6) is -0.924. The number of hydrogen-bond acceptors (Lipinski definition) is 4. The molecule has 90 valence electrons. The van der Waals surface area contributed by atoms with E-state index in [4.69, 9.17) is 5.73 Å². The van der Waals surface area contributed by atoms with Crippen molar-refractivity contribution < 1.29 is 9.59 Å². The average Bonchev–Trinajstić information content (AvgIpc) is 2.40. The van der Waals surface area contributed by atoms with Crippen LogP contribution in [0, 0.1) is 0 Å². The van der Waals surface area contributed by atoms with E-state index in [1.54, 1.807) is 18.2 Å². The topological polar surface area (TPSA) is 98.0 Å². The van der Waals surface area contributed by atoms with E-state index < -0.39 is 5.91 Å². The molecular weight excluding hydrogens is 232 g/mol. The Morgan fingerprint density at radius 2 is 2.06 bits per heavy atom. The number of nitrogens with one attached hydrogen (secondary N) is 1. The predicted octanol–water partition coefficient (Wildman–Crippen LogP) is 0.828. The molecule has 0 aliphatic heterocycles. The molecule has 0 bridgehead atoms. The van der Waals surface area contributed by atoms with Crippen molar-refractivity contribution in [3.05, 3.63) is 54.1 Å². The van der Waals surface area contributed by atoms with E-state index in [0.29, 0.717) is 11.3 Å². The van der Waals surface area contributed by atoms with Crippen LogP contribution in [0.15, 0.2) is 42.9 Å². The molecule has 0 aliphatic rings. The summed E-state index contributed by atoms with van der Waals surface area (Å²) in [6.45, 7) is 0. The fraction of sp³-hybridized carbons (Fsp3) is 0. The normalized spacial score (nSPS) is 9.78. The molecule has 0 saturated heterocycles. The molecule has 3 N–H and O–H groups in total. The molecule has 0 spiro atoms. The number of carbonyl (C=O) groups excluding carboxylic acids is 2. The number of carbonyl (C=O) groups is 2. The summed E-state index contributed by atoms with van der Waals surface area (Å²) in [6.07, 6.45) is 2.76. The van der Waals surface area contributed by atoms with Gasteiger partial charge in [-0.25, -0.2) is 9.97 Å². The van der Waals surface area contributed by atoms with E-state index in [0.717, 1.165) is 0 Å². The van der Waals surface area contributed by atoms with E-state index in [-0.39, 0.29) is 11.6 Å². The lowest BCUT2D eigenvalue weighted by molar-refractivity contribution is 0.0995. The molecule has 18 heavy (non-hydrogen) atoms. The second-order valence-corrected chi connectivity index (χ2v) is 3.49. The van der Waals surface area contributed by atoms with Crippen molar-refractivity contribution in [1.29, 1.82) is 0 Å². The van der Waals surface area contributed by atoms with Crippen LogP contribution in [-0.2, 0) is 0 Å². The fourth-order valence-electron chi connectivity index (χ4n) is 1.37. The van der Waals surface area contributed by atoms with E-state index in [1.807, 2.05) is 0 Å². The smallest absolute Gasteiger partial charge is 0.274 e. The van der Waals surface area contributed by atoms with Gasteiger partial charge in [-0.15, -0.1) is 0 Å². The number of primary amides is 1. The van der Waals surface area contributed by atoms with Crippen LogP contribution in [0.25, 0.3) is 0 Å². The zero-order valence-electron chi connectivity index (χ0n) is 9.33. The summed E-state index contributed by atoms with van der Waals surface area (Å²) in [6, 6.07) is 7.86. The lowest BCUT2D eigenvalue weighted by Crippen LogP contribution is -2.15. The van der Waals surface area contributed by atoms with Gasteiger partial charge in [-0.3, -0.25) is 9.59 Å². The first-order valence-corrected chi connectivity index (χ1v) is 5.14. The number of rotatable bonds is 3. The molecule has 1 aromatic carbocycles. The zero-order chi connectivity index (χ0) is 13.0. The largest absolute Gasteiger partial charge is 0.366 e. The summed E-state index contributed by atoms with van der Waals surface area (Å²) < 4.78 is 0. The van der Waals surface area contributed by atoms with Gasteiger partial charge in [0.15, 0.2) is 0 Å². The Labute approximate surface area is 103 Å². The SMILES string of the molecule is NC(=O)c1cccc(NC(=O)c2ccncn2)c1. The Bertz CT molecular complexity index is 584. The van der Waals surface area contributed by atoms with Gasteiger partial charge < -0.3 is 11.1 Å². The standard InChI is InChI=1S/C12H10N4O2/c13-11(17)8-2-1-3-9(6-8)16-12(18)10-4-5-14-7-15-10/h1-7H,(H2,13,17)(H,16,18). The molecule has 0 unspecified atom stereocenters. The highest BCUT2D eigenvalue weighted by atomic mass is 16.2. The molecular formula is C12H10N4O2. The first kappa shape index (κ1) is 11.7. The van der Waals surface area contributed by atoms with Gasteiger partial charge in [0.05, 0.1) is 0 Å². The van der Waals surface area contributed by atoms with Crippen LogP contribution in [0.5, 0.6) is 0 Å². The molecule has 6 heteroatoms. The molecule has 0 atom stereocenters. The zero-order valence-corrected chi connectivity index (χ0v) is 9.33. The minimum Gasteiger partial charge on any atom is -0.366 e. The third kappa shape index (κ3) is 2.67. The van der Waals surface area contributed by atoms with Crippen LogP contribution in [0.4, 0.5) is 5.69 Å². The van der Waals surface area contributed by atoms with Crippen molar-refractivity contribution in [3.63, 3.8) is 0 Å². The number of anilines is 1. The second-order valence-electron chi connectivity index (χ2n) is 3.49. The highest BCUT2D eigenvalue weighted by molar-refractivity contribution is 6.03. The Hall–Kier alpha value is -2.76. The van der Waals surface area contributed by atoms with Crippen molar-refractivity contribution in [2.75, 3.05) is 5.32 Å². The van der Waals surface area contributed by atoms with Crippen molar-refractivity contribution in [1.82, 2.24) is 9.97 Å². The molecule has 2 aromatic rings. The second kappa shape index (κ2) is 5.05. The first-order valence-electron chi connectivity index (χ1n) is 5.14. The predicted molar refractivity (Wildman–Crippen MR) is 64.9 cm³/mol. The van der Waals surface area contributed by atoms with E-state index in [2.05, 4.69) is 15.3 Å². The van der Waals surface area contributed by atoms with Gasteiger partial charge >= 0.3 is 0 Å². The minimum absolute atomic E-state index is 0.245. The highest BCUT2D eigenvalue weighted by Crippen LogP contribution is 2.11. The van der Waals surface area contributed by atoms with Crippen LogP contribution in [0.3, 0.4) is 0 Å². The molecule has 0 fully saturated rings. The number of amides is 2. The maximum atomic E-state index is 11.8. The molecule has 0 radical (unpaired) electrons. The van der Waals surface area contributed by atoms with Gasteiger partial charge in [0, 0.05) is 17.4 Å². The van der Waals surface area contributed by atoms with Crippen LogP contribution < -0.4 is 11.1 Å². The Kier molecular flexibility index (Phi) is 3.29. The third-order valence-electron chi connectivity index (χ3n) is 2.22. The summed E-state index contributed by atoms with van der Waals surface area (Å²) in [5.41, 5.74) is 6.21. The molecule has 2 rings (SSSR count). The summed E-state index contributed by atoms with van der Waals surface area (Å²) in [4.78, 5) is 30.3. The minimum atomic E-state index is -0.548. The van der Waals surface area contributed by atoms with Crippen LogP contribution in [0.1, 0.15) is 20.8 Å². The number of nitrogens with two attached hydrogens (primary N) is 1. The van der Waals surface area contributed by atoms with Crippen molar-refractivity contribution >= 4 is 17.5 Å². The molecule has 2 amide bonds. The van der Waals surface area contributed by atoms with Crippen LogP contribution in [0.2, 0.25) is 0 Å².